The summed E-state index contributed by atoms with van der Waals surface area (Å²) in [6, 6.07) is -0.775. The zero-order valence-electron chi connectivity index (χ0n) is 7.29. The molecule has 0 aromatic heterocycles. The fraction of sp³-hybridized carbons (Fsp3) is 1.00. The van der Waals surface area contributed by atoms with E-state index < -0.39 is 30.8 Å². The van der Waals surface area contributed by atoms with Crippen molar-refractivity contribution in [2.24, 2.45) is 0 Å². The minimum atomic E-state index is -1.54. The van der Waals surface area contributed by atoms with Gasteiger partial charge in [0, 0.05) is 0 Å². The number of ether oxygens (including phenoxy) is 1. The van der Waals surface area contributed by atoms with E-state index in [4.69, 9.17) is 5.11 Å². The molecule has 1 aliphatic rings. The molecule has 1 saturated heterocycles. The first kappa shape index (κ1) is 10.8. The third kappa shape index (κ3) is 2.16. The molecule has 78 valence electrons. The Hall–Kier alpha value is -0.240. The van der Waals surface area contributed by atoms with E-state index in [1.807, 2.05) is 0 Å². The normalized spacial score (nSPS) is 46.4. The van der Waals surface area contributed by atoms with Gasteiger partial charge in [-0.05, 0) is 6.54 Å². The maximum atomic E-state index is 9.40. The SMILES string of the molecule is CCN[C@H]1C(O)O[C@H](O)[C@@H](O)[C@@H]1O. The van der Waals surface area contributed by atoms with Crippen molar-refractivity contribution in [2.45, 2.75) is 37.8 Å². The molecule has 13 heavy (non-hydrogen) atoms. The highest BCUT2D eigenvalue weighted by atomic mass is 16.7. The summed E-state index contributed by atoms with van der Waals surface area (Å²) >= 11 is 0. The van der Waals surface area contributed by atoms with Gasteiger partial charge in [0.15, 0.2) is 12.6 Å². The molecular formula is C7H15NO5. The average molecular weight is 193 g/mol. The molecule has 0 amide bonds. The second-order valence-corrected chi connectivity index (χ2v) is 2.98. The second kappa shape index (κ2) is 4.32. The van der Waals surface area contributed by atoms with E-state index in [2.05, 4.69) is 10.1 Å². The third-order valence-electron chi connectivity index (χ3n) is 2.04. The highest BCUT2D eigenvalue weighted by Crippen LogP contribution is 2.17. The van der Waals surface area contributed by atoms with Gasteiger partial charge in [0.05, 0.1) is 6.04 Å². The van der Waals surface area contributed by atoms with Gasteiger partial charge in [-0.15, -0.1) is 0 Å². The number of hydrogen-bond acceptors (Lipinski definition) is 6. The topological polar surface area (TPSA) is 102 Å². The van der Waals surface area contributed by atoms with Crippen LogP contribution in [-0.4, -0.2) is 57.8 Å². The molecule has 6 heteroatoms. The predicted octanol–water partition coefficient (Wildman–Crippen LogP) is -2.65. The molecule has 0 saturated carbocycles. The van der Waals surface area contributed by atoms with E-state index in [-0.39, 0.29) is 0 Å². The molecule has 0 aliphatic carbocycles. The van der Waals surface area contributed by atoms with Gasteiger partial charge in [0.2, 0.25) is 0 Å². The Bertz CT molecular complexity index is 167. The molecule has 0 radical (unpaired) electrons. The quantitative estimate of drug-likeness (QED) is 0.328. The summed E-state index contributed by atoms with van der Waals surface area (Å²) in [5.74, 6) is 0. The van der Waals surface area contributed by atoms with Crippen molar-refractivity contribution in [1.82, 2.24) is 5.32 Å². The summed E-state index contributed by atoms with van der Waals surface area (Å²) in [5, 5.41) is 39.5. The van der Waals surface area contributed by atoms with Crippen molar-refractivity contribution in [3.05, 3.63) is 0 Å². The van der Waals surface area contributed by atoms with Gasteiger partial charge in [-0.25, -0.2) is 0 Å². The van der Waals surface area contributed by atoms with Crippen molar-refractivity contribution < 1.29 is 25.2 Å². The molecule has 0 aromatic rings. The van der Waals surface area contributed by atoms with E-state index in [1.165, 1.54) is 0 Å². The molecule has 1 heterocycles. The molecule has 0 aromatic carbocycles. The molecule has 0 spiro atoms. The van der Waals surface area contributed by atoms with Gasteiger partial charge >= 0.3 is 0 Å². The fourth-order valence-electron chi connectivity index (χ4n) is 1.32. The van der Waals surface area contributed by atoms with E-state index in [0.29, 0.717) is 6.54 Å². The van der Waals surface area contributed by atoms with Crippen LogP contribution in [0.4, 0.5) is 0 Å². The smallest absolute Gasteiger partial charge is 0.186 e. The number of rotatable bonds is 2. The molecule has 1 fully saturated rings. The van der Waals surface area contributed by atoms with Crippen molar-refractivity contribution >= 4 is 0 Å². The molecule has 1 unspecified atom stereocenters. The van der Waals surface area contributed by atoms with E-state index in [1.54, 1.807) is 6.92 Å². The predicted molar refractivity (Wildman–Crippen MR) is 42.6 cm³/mol. The van der Waals surface area contributed by atoms with Crippen LogP contribution in [0.3, 0.4) is 0 Å². The fourth-order valence-corrected chi connectivity index (χ4v) is 1.32. The number of likely N-dealkylation sites (N-methyl/N-ethyl adjacent to an activating group) is 1. The first-order chi connectivity index (χ1) is 6.07. The zero-order valence-corrected chi connectivity index (χ0v) is 7.29. The highest BCUT2D eigenvalue weighted by molar-refractivity contribution is 4.89. The summed E-state index contributed by atoms with van der Waals surface area (Å²) in [6.07, 6.45) is -5.49. The Balaban J connectivity index is 2.61. The molecule has 1 rings (SSSR count). The van der Waals surface area contributed by atoms with E-state index >= 15 is 0 Å². The Morgan fingerprint density at radius 2 is 1.69 bits per heavy atom. The van der Waals surface area contributed by atoms with Crippen LogP contribution in [0.15, 0.2) is 0 Å². The van der Waals surface area contributed by atoms with Crippen LogP contribution in [0.1, 0.15) is 6.92 Å². The van der Waals surface area contributed by atoms with Crippen molar-refractivity contribution in [1.29, 1.82) is 0 Å². The summed E-state index contributed by atoms with van der Waals surface area (Å²) in [4.78, 5) is 0. The lowest BCUT2D eigenvalue weighted by Crippen LogP contribution is -2.62. The number of aliphatic hydroxyl groups excluding tert-OH is 4. The largest absolute Gasteiger partial charge is 0.388 e. The molecule has 1 aliphatic heterocycles. The van der Waals surface area contributed by atoms with E-state index in [9.17, 15) is 15.3 Å². The van der Waals surface area contributed by atoms with Gasteiger partial charge in [-0.3, -0.25) is 0 Å². The summed E-state index contributed by atoms with van der Waals surface area (Å²) < 4.78 is 4.57. The van der Waals surface area contributed by atoms with Crippen LogP contribution in [0.2, 0.25) is 0 Å². The Labute approximate surface area is 75.8 Å². The molecule has 6 nitrogen and oxygen atoms in total. The molecule has 5 N–H and O–H groups in total. The molecule has 5 atom stereocenters. The maximum absolute atomic E-state index is 9.40. The Morgan fingerprint density at radius 3 is 2.23 bits per heavy atom. The standard InChI is InChI=1S/C7H15NO5/c1-2-8-3-4(9)5(10)7(12)13-6(3)11/h3-12H,2H2,1H3/t3-,4-,5+,6?,7+/m1/s1. The average Bonchev–Trinajstić information content (AvgIpc) is 2.09. The third-order valence-corrected chi connectivity index (χ3v) is 2.04. The highest BCUT2D eigenvalue weighted by Gasteiger charge is 2.42. The van der Waals surface area contributed by atoms with Crippen LogP contribution < -0.4 is 5.32 Å². The van der Waals surface area contributed by atoms with Gasteiger partial charge in [-0.1, -0.05) is 6.92 Å². The monoisotopic (exact) mass is 193 g/mol. The number of hydrogen-bond donors (Lipinski definition) is 5. The minimum absolute atomic E-state index is 0.519. The first-order valence-corrected chi connectivity index (χ1v) is 4.19. The lowest BCUT2D eigenvalue weighted by Gasteiger charge is -2.38. The van der Waals surface area contributed by atoms with Gasteiger partial charge < -0.3 is 30.5 Å². The summed E-state index contributed by atoms with van der Waals surface area (Å²) in [5.41, 5.74) is 0. The van der Waals surface area contributed by atoms with Crippen molar-refractivity contribution in [3.63, 3.8) is 0 Å². The van der Waals surface area contributed by atoms with Crippen LogP contribution in [0.5, 0.6) is 0 Å². The zero-order chi connectivity index (χ0) is 10.0. The van der Waals surface area contributed by atoms with Gasteiger partial charge in [-0.2, -0.15) is 0 Å². The summed E-state index contributed by atoms with van der Waals surface area (Å²) in [6.45, 7) is 2.31. The van der Waals surface area contributed by atoms with E-state index in [0.717, 1.165) is 0 Å². The van der Waals surface area contributed by atoms with Gasteiger partial charge in [0.25, 0.3) is 0 Å². The molecule has 0 bridgehead atoms. The van der Waals surface area contributed by atoms with Crippen molar-refractivity contribution in [3.8, 4) is 0 Å². The summed E-state index contributed by atoms with van der Waals surface area (Å²) in [7, 11) is 0. The minimum Gasteiger partial charge on any atom is -0.388 e. The number of aliphatic hydroxyl groups is 4. The lowest BCUT2D eigenvalue weighted by atomic mass is 10.0. The van der Waals surface area contributed by atoms with Crippen LogP contribution in [0, 0.1) is 0 Å². The second-order valence-electron chi connectivity index (χ2n) is 2.98. The first-order valence-electron chi connectivity index (χ1n) is 4.19. The van der Waals surface area contributed by atoms with Crippen LogP contribution >= 0.6 is 0 Å². The number of nitrogens with one attached hydrogen (secondary N) is 1. The Kier molecular flexibility index (Phi) is 3.60. The van der Waals surface area contributed by atoms with Gasteiger partial charge in [0.1, 0.15) is 12.2 Å². The lowest BCUT2D eigenvalue weighted by molar-refractivity contribution is -0.304. The van der Waals surface area contributed by atoms with Crippen LogP contribution in [-0.2, 0) is 4.74 Å². The van der Waals surface area contributed by atoms with Crippen LogP contribution in [0.25, 0.3) is 0 Å². The maximum Gasteiger partial charge on any atom is 0.186 e. The van der Waals surface area contributed by atoms with Crippen molar-refractivity contribution in [2.75, 3.05) is 6.54 Å². The molecular weight excluding hydrogens is 178 g/mol. The Morgan fingerprint density at radius 1 is 1.08 bits per heavy atom.